The van der Waals surface area contributed by atoms with E-state index in [0.29, 0.717) is 18.5 Å². The summed E-state index contributed by atoms with van der Waals surface area (Å²) in [4.78, 5) is 42.1. The molecule has 0 aromatic heterocycles. The van der Waals surface area contributed by atoms with Crippen LogP contribution in [0.1, 0.15) is 28.4 Å². The van der Waals surface area contributed by atoms with Gasteiger partial charge in [-0.25, -0.2) is 28.1 Å². The minimum absolute atomic E-state index is 0.153. The van der Waals surface area contributed by atoms with Crippen molar-refractivity contribution in [1.29, 1.82) is 0 Å². The van der Waals surface area contributed by atoms with E-state index in [0.717, 1.165) is 61.5 Å². The van der Waals surface area contributed by atoms with Gasteiger partial charge >= 0.3 is 18.1 Å². The van der Waals surface area contributed by atoms with Gasteiger partial charge in [0.2, 0.25) is 0 Å². The molecule has 4 rings (SSSR count). The number of esters is 1. The maximum Gasteiger partial charge on any atom is 0.418 e. The monoisotopic (exact) mass is 502 g/mol. The number of carbonyl (C=O) groups excluding carboxylic acids is 3. The van der Waals surface area contributed by atoms with Gasteiger partial charge in [0, 0.05) is 38.8 Å². The zero-order valence-electron chi connectivity index (χ0n) is 19.9. The number of nitrogens with zero attached hydrogens (tertiary/aromatic N) is 3. The molecule has 9 nitrogen and oxygen atoms in total. The Bertz CT molecular complexity index is 1100. The van der Waals surface area contributed by atoms with Gasteiger partial charge in [-0.1, -0.05) is 12.1 Å². The summed E-state index contributed by atoms with van der Waals surface area (Å²) in [5.74, 6) is -1.95. The number of benzene rings is 2. The molecular formula is C25H28F2N4O5. The van der Waals surface area contributed by atoms with E-state index in [1.165, 1.54) is 7.11 Å². The highest BCUT2D eigenvalue weighted by atomic mass is 19.1. The molecule has 2 fully saturated rings. The number of hydrogen-bond acceptors (Lipinski definition) is 7. The summed E-state index contributed by atoms with van der Waals surface area (Å²) < 4.78 is 37.1. The molecule has 2 saturated heterocycles. The normalized spacial score (nSPS) is 18.2. The quantitative estimate of drug-likeness (QED) is 0.459. The van der Waals surface area contributed by atoms with E-state index in [4.69, 9.17) is 9.47 Å². The number of methoxy groups -OCH3 is 1. The minimum atomic E-state index is -0.899. The molecular weight excluding hydrogens is 474 g/mol. The van der Waals surface area contributed by atoms with E-state index in [1.807, 2.05) is 12.1 Å². The lowest BCUT2D eigenvalue weighted by Crippen LogP contribution is -2.47. The molecule has 2 aromatic rings. The van der Waals surface area contributed by atoms with E-state index in [-0.39, 0.29) is 18.1 Å². The molecule has 192 valence electrons. The molecule has 0 saturated carbocycles. The van der Waals surface area contributed by atoms with E-state index >= 15 is 0 Å². The van der Waals surface area contributed by atoms with Crippen LogP contribution in [0, 0.1) is 11.6 Å². The molecule has 3 amide bonds. The molecule has 0 spiro atoms. The second-order valence-electron chi connectivity index (χ2n) is 8.59. The second kappa shape index (κ2) is 11.3. The highest BCUT2D eigenvalue weighted by molar-refractivity contribution is 5.96. The topological polar surface area (TPSA) is 91.4 Å². The maximum absolute atomic E-state index is 13.6. The van der Waals surface area contributed by atoms with Crippen molar-refractivity contribution in [2.75, 3.05) is 57.9 Å². The van der Waals surface area contributed by atoms with Crippen LogP contribution in [0.5, 0.6) is 0 Å². The van der Waals surface area contributed by atoms with E-state index in [2.05, 4.69) is 15.1 Å². The zero-order valence-corrected chi connectivity index (χ0v) is 19.9. The van der Waals surface area contributed by atoms with Gasteiger partial charge in [-0.15, -0.1) is 0 Å². The van der Waals surface area contributed by atoms with Crippen molar-refractivity contribution < 1.29 is 32.6 Å². The lowest BCUT2D eigenvalue weighted by atomic mass is 10.1. The lowest BCUT2D eigenvalue weighted by Gasteiger charge is -2.36. The fourth-order valence-corrected chi connectivity index (χ4v) is 4.49. The Labute approximate surface area is 207 Å². The molecule has 36 heavy (non-hydrogen) atoms. The summed E-state index contributed by atoms with van der Waals surface area (Å²) in [6, 6.07) is 8.68. The molecule has 1 unspecified atom stereocenters. The molecule has 2 heterocycles. The summed E-state index contributed by atoms with van der Waals surface area (Å²) in [5.41, 5.74) is 1.54. The highest BCUT2D eigenvalue weighted by Crippen LogP contribution is 2.29. The van der Waals surface area contributed by atoms with Crippen LogP contribution in [0.3, 0.4) is 0 Å². The fourth-order valence-electron chi connectivity index (χ4n) is 4.49. The molecule has 2 aliphatic heterocycles. The van der Waals surface area contributed by atoms with Gasteiger partial charge in [-0.2, -0.15) is 0 Å². The van der Waals surface area contributed by atoms with E-state index in [9.17, 15) is 23.2 Å². The van der Waals surface area contributed by atoms with Crippen molar-refractivity contribution in [2.24, 2.45) is 0 Å². The number of piperazine rings is 1. The molecule has 1 atom stereocenters. The van der Waals surface area contributed by atoms with Crippen LogP contribution in [0.2, 0.25) is 0 Å². The van der Waals surface area contributed by atoms with Crippen molar-refractivity contribution in [3.8, 4) is 0 Å². The number of cyclic esters (lactones) is 1. The molecule has 0 bridgehead atoms. The summed E-state index contributed by atoms with van der Waals surface area (Å²) in [5, 5.41) is 2.69. The average molecular weight is 503 g/mol. The number of carbonyl (C=O) groups is 3. The summed E-state index contributed by atoms with van der Waals surface area (Å²) in [6.45, 7) is 3.94. The van der Waals surface area contributed by atoms with Gasteiger partial charge < -0.3 is 19.7 Å². The first kappa shape index (κ1) is 25.4. The minimum Gasteiger partial charge on any atom is -0.465 e. The Morgan fingerprint density at radius 2 is 1.78 bits per heavy atom. The van der Waals surface area contributed by atoms with Crippen LogP contribution in [-0.4, -0.2) is 80.9 Å². The Morgan fingerprint density at radius 3 is 2.47 bits per heavy atom. The molecule has 0 radical (unpaired) electrons. The number of para-hydroxylation sites is 1. The summed E-state index contributed by atoms with van der Waals surface area (Å²) >= 11 is 0. The number of ether oxygens (including phenoxy) is 2. The first-order valence-corrected chi connectivity index (χ1v) is 11.7. The first-order chi connectivity index (χ1) is 17.4. The smallest absolute Gasteiger partial charge is 0.418 e. The third kappa shape index (κ3) is 5.73. The largest absolute Gasteiger partial charge is 0.465 e. The number of rotatable bonds is 7. The molecule has 1 N–H and O–H groups in total. The zero-order chi connectivity index (χ0) is 25.7. The summed E-state index contributed by atoms with van der Waals surface area (Å²) in [7, 11) is 1.37. The molecule has 0 aliphatic carbocycles. The predicted molar refractivity (Wildman–Crippen MR) is 127 cm³/mol. The predicted octanol–water partition coefficient (Wildman–Crippen LogP) is 3.17. The maximum atomic E-state index is 13.6. The van der Waals surface area contributed by atoms with Crippen LogP contribution >= 0.6 is 0 Å². The molecule has 2 aliphatic rings. The van der Waals surface area contributed by atoms with Crippen LogP contribution in [0.4, 0.5) is 24.1 Å². The first-order valence-electron chi connectivity index (χ1n) is 11.7. The van der Waals surface area contributed by atoms with Gasteiger partial charge in [0.05, 0.1) is 18.4 Å². The number of imide groups is 1. The lowest BCUT2D eigenvalue weighted by molar-refractivity contribution is 0.0601. The second-order valence-corrected chi connectivity index (χ2v) is 8.59. The van der Waals surface area contributed by atoms with Crippen molar-refractivity contribution in [1.82, 2.24) is 15.1 Å². The number of anilines is 1. The summed E-state index contributed by atoms with van der Waals surface area (Å²) in [6.07, 6.45) is -0.211. The van der Waals surface area contributed by atoms with Crippen LogP contribution < -0.4 is 10.2 Å². The number of nitrogens with one attached hydrogen (secondary N) is 1. The molecule has 2 aromatic carbocycles. The van der Waals surface area contributed by atoms with Crippen molar-refractivity contribution in [3.05, 3.63) is 65.2 Å². The number of urea groups is 1. The van der Waals surface area contributed by atoms with Gasteiger partial charge in [0.25, 0.3) is 0 Å². The van der Waals surface area contributed by atoms with Crippen molar-refractivity contribution in [3.63, 3.8) is 0 Å². The van der Waals surface area contributed by atoms with Gasteiger partial charge in [0.1, 0.15) is 24.3 Å². The third-order valence-electron chi connectivity index (χ3n) is 6.31. The van der Waals surface area contributed by atoms with Crippen LogP contribution in [0.15, 0.2) is 42.5 Å². The van der Waals surface area contributed by atoms with Crippen molar-refractivity contribution >= 4 is 23.8 Å². The number of halogens is 2. The van der Waals surface area contributed by atoms with Gasteiger partial charge in [0.15, 0.2) is 0 Å². The Balaban J connectivity index is 1.24. The SMILES string of the molecule is COC(=O)c1ccccc1N1CCN(CCCNC(=O)N2C(=O)OCC2c2cc(F)cc(F)c2)CC1. The number of amides is 3. The standard InChI is InChI=1S/C25H28F2N4O5/c1-35-23(32)20-5-2-3-6-21(20)30-11-9-29(10-12-30)8-4-7-28-24(33)31-22(16-36-25(31)34)17-13-18(26)15-19(27)14-17/h2-3,5-6,13-15,22H,4,7-12,16H2,1H3,(H,28,33). The van der Waals surface area contributed by atoms with E-state index < -0.39 is 29.8 Å². The van der Waals surface area contributed by atoms with E-state index in [1.54, 1.807) is 12.1 Å². The number of hydrogen-bond donors (Lipinski definition) is 1. The Morgan fingerprint density at radius 1 is 1.08 bits per heavy atom. The highest BCUT2D eigenvalue weighted by Gasteiger charge is 2.39. The molecule has 11 heteroatoms. The van der Waals surface area contributed by atoms with Gasteiger partial charge in [-0.3, -0.25) is 4.90 Å². The Kier molecular flexibility index (Phi) is 7.99. The van der Waals surface area contributed by atoms with Crippen LogP contribution in [-0.2, 0) is 9.47 Å². The van der Waals surface area contributed by atoms with Crippen LogP contribution in [0.25, 0.3) is 0 Å². The third-order valence-corrected chi connectivity index (χ3v) is 6.31. The average Bonchev–Trinajstić information content (AvgIpc) is 3.27. The fraction of sp³-hybridized carbons (Fsp3) is 0.400. The van der Waals surface area contributed by atoms with Crippen molar-refractivity contribution in [2.45, 2.75) is 12.5 Å². The van der Waals surface area contributed by atoms with Gasteiger partial charge in [-0.05, 0) is 42.8 Å². The Hall–Kier alpha value is -3.73.